The number of nitrogens with two attached hydrogens (primary N) is 1. The maximum Gasteiger partial charge on any atom is 0.232 e. The molecule has 1 aliphatic heterocycles. The molecule has 0 aromatic heterocycles. The molecule has 1 aliphatic carbocycles. The number of rotatable bonds is 3. The second-order valence-electron chi connectivity index (χ2n) is 5.54. The van der Waals surface area contributed by atoms with E-state index in [0.717, 1.165) is 24.8 Å². The van der Waals surface area contributed by atoms with Crippen LogP contribution in [0.4, 0.5) is 5.69 Å². The number of anilines is 1. The number of piperidine rings is 1. The molecule has 0 radical (unpaired) electrons. The number of hydrogen-bond acceptors (Lipinski definition) is 4. The van der Waals surface area contributed by atoms with Crippen molar-refractivity contribution in [2.75, 3.05) is 12.8 Å². The van der Waals surface area contributed by atoms with Crippen LogP contribution in [0.2, 0.25) is 0 Å². The van der Waals surface area contributed by atoms with E-state index in [1.165, 1.54) is 4.90 Å². The van der Waals surface area contributed by atoms with Crippen molar-refractivity contribution in [1.29, 1.82) is 0 Å². The molecule has 2 N–H and O–H groups in total. The highest BCUT2D eigenvalue weighted by Crippen LogP contribution is 2.39. The number of imide groups is 1. The van der Waals surface area contributed by atoms with Gasteiger partial charge in [0.15, 0.2) is 0 Å². The molecule has 2 atom stereocenters. The summed E-state index contributed by atoms with van der Waals surface area (Å²) in [7, 11) is 1.57. The molecule has 5 heteroatoms. The lowest BCUT2D eigenvalue weighted by Crippen LogP contribution is -2.45. The molecule has 1 aromatic carbocycles. The topological polar surface area (TPSA) is 72.6 Å². The van der Waals surface area contributed by atoms with Crippen LogP contribution in [0.15, 0.2) is 18.2 Å². The second kappa shape index (κ2) is 4.81. The Labute approximate surface area is 117 Å². The maximum atomic E-state index is 12.3. The van der Waals surface area contributed by atoms with E-state index < -0.39 is 0 Å². The molecule has 3 rings (SSSR count). The van der Waals surface area contributed by atoms with Gasteiger partial charge in [0.2, 0.25) is 11.8 Å². The predicted octanol–water partition coefficient (Wildman–Crippen LogP) is 1.56. The molecule has 1 aromatic rings. The fourth-order valence-electron chi connectivity index (χ4n) is 3.23. The number of benzene rings is 1. The summed E-state index contributed by atoms with van der Waals surface area (Å²) < 4.78 is 5.28. The van der Waals surface area contributed by atoms with Crippen LogP contribution in [-0.2, 0) is 16.1 Å². The zero-order valence-corrected chi connectivity index (χ0v) is 11.5. The molecule has 2 unspecified atom stereocenters. The Bertz CT molecular complexity index is 548. The number of methoxy groups -OCH3 is 1. The van der Waals surface area contributed by atoms with Crippen LogP contribution in [0.1, 0.15) is 24.8 Å². The van der Waals surface area contributed by atoms with Crippen molar-refractivity contribution in [3.8, 4) is 5.75 Å². The van der Waals surface area contributed by atoms with E-state index in [2.05, 4.69) is 0 Å². The van der Waals surface area contributed by atoms with Crippen LogP contribution in [0, 0.1) is 11.8 Å². The summed E-state index contributed by atoms with van der Waals surface area (Å²) in [5, 5.41) is 0. The SMILES string of the molecule is COc1ccc(N)cc1CN1C(=O)C2CCC(C2)C1=O. The largest absolute Gasteiger partial charge is 0.496 e. The van der Waals surface area contributed by atoms with Gasteiger partial charge in [-0.3, -0.25) is 14.5 Å². The number of carbonyl (C=O) groups is 2. The highest BCUT2D eigenvalue weighted by Gasteiger charge is 2.45. The number of amides is 2. The Kier molecular flexibility index (Phi) is 3.12. The van der Waals surface area contributed by atoms with Crippen LogP contribution >= 0.6 is 0 Å². The Morgan fingerprint density at radius 3 is 2.50 bits per heavy atom. The molecule has 2 bridgehead atoms. The summed E-state index contributed by atoms with van der Waals surface area (Å²) in [5.74, 6) is 0.591. The third-order valence-electron chi connectivity index (χ3n) is 4.30. The van der Waals surface area contributed by atoms with Crippen molar-refractivity contribution in [3.05, 3.63) is 23.8 Å². The molecule has 1 saturated carbocycles. The van der Waals surface area contributed by atoms with Gasteiger partial charge < -0.3 is 10.5 Å². The minimum Gasteiger partial charge on any atom is -0.496 e. The lowest BCUT2D eigenvalue weighted by atomic mass is 9.96. The first kappa shape index (κ1) is 13.0. The number of carbonyl (C=O) groups excluding carboxylic acids is 2. The van der Waals surface area contributed by atoms with Gasteiger partial charge in [-0.15, -0.1) is 0 Å². The quantitative estimate of drug-likeness (QED) is 0.670. The van der Waals surface area contributed by atoms with Crippen molar-refractivity contribution >= 4 is 17.5 Å². The second-order valence-corrected chi connectivity index (χ2v) is 5.54. The summed E-state index contributed by atoms with van der Waals surface area (Å²) in [6.45, 7) is 0.249. The van der Waals surface area contributed by atoms with E-state index in [4.69, 9.17) is 10.5 Å². The number of ether oxygens (including phenoxy) is 1. The first-order valence-corrected chi connectivity index (χ1v) is 6.87. The van der Waals surface area contributed by atoms with Crippen molar-refractivity contribution in [2.45, 2.75) is 25.8 Å². The van der Waals surface area contributed by atoms with Crippen LogP contribution in [-0.4, -0.2) is 23.8 Å². The Morgan fingerprint density at radius 2 is 1.90 bits per heavy atom. The number of likely N-dealkylation sites (tertiary alicyclic amines) is 1. The predicted molar refractivity (Wildman–Crippen MR) is 73.8 cm³/mol. The molecule has 1 heterocycles. The van der Waals surface area contributed by atoms with Gasteiger partial charge in [0.1, 0.15) is 5.75 Å². The highest BCUT2D eigenvalue weighted by atomic mass is 16.5. The fraction of sp³-hybridized carbons (Fsp3) is 0.467. The lowest BCUT2D eigenvalue weighted by Gasteiger charge is -2.30. The summed E-state index contributed by atoms with van der Waals surface area (Å²) in [6, 6.07) is 5.26. The fourth-order valence-corrected chi connectivity index (χ4v) is 3.23. The lowest BCUT2D eigenvalue weighted by molar-refractivity contribution is -0.153. The molecular weight excluding hydrogens is 256 g/mol. The summed E-state index contributed by atoms with van der Waals surface area (Å²) in [4.78, 5) is 26.0. The van der Waals surface area contributed by atoms with E-state index in [0.29, 0.717) is 11.4 Å². The monoisotopic (exact) mass is 274 g/mol. The number of fused-ring (bicyclic) bond motifs is 2. The molecule has 2 fully saturated rings. The normalized spacial score (nSPS) is 25.1. The van der Waals surface area contributed by atoms with Gasteiger partial charge in [-0.2, -0.15) is 0 Å². The third-order valence-corrected chi connectivity index (χ3v) is 4.30. The van der Waals surface area contributed by atoms with Crippen LogP contribution in [0.25, 0.3) is 0 Å². The highest BCUT2D eigenvalue weighted by molar-refractivity contribution is 6.00. The van der Waals surface area contributed by atoms with Crippen molar-refractivity contribution in [1.82, 2.24) is 4.90 Å². The van der Waals surface area contributed by atoms with Gasteiger partial charge in [-0.25, -0.2) is 0 Å². The van der Waals surface area contributed by atoms with Gasteiger partial charge in [0.05, 0.1) is 13.7 Å². The van der Waals surface area contributed by atoms with Crippen LogP contribution < -0.4 is 10.5 Å². The molecule has 106 valence electrons. The van der Waals surface area contributed by atoms with E-state index in [9.17, 15) is 9.59 Å². The molecule has 5 nitrogen and oxygen atoms in total. The van der Waals surface area contributed by atoms with E-state index in [1.807, 2.05) is 0 Å². The number of hydrogen-bond donors (Lipinski definition) is 1. The van der Waals surface area contributed by atoms with E-state index in [-0.39, 0.29) is 30.2 Å². The van der Waals surface area contributed by atoms with E-state index >= 15 is 0 Å². The number of nitrogens with zero attached hydrogens (tertiary/aromatic N) is 1. The van der Waals surface area contributed by atoms with Gasteiger partial charge >= 0.3 is 0 Å². The van der Waals surface area contributed by atoms with Crippen molar-refractivity contribution < 1.29 is 14.3 Å². The Balaban J connectivity index is 1.89. The first-order valence-electron chi connectivity index (χ1n) is 6.87. The van der Waals surface area contributed by atoms with E-state index in [1.54, 1.807) is 25.3 Å². The zero-order valence-electron chi connectivity index (χ0n) is 11.5. The van der Waals surface area contributed by atoms with Gasteiger partial charge in [0, 0.05) is 23.1 Å². The summed E-state index contributed by atoms with van der Waals surface area (Å²) in [5.41, 5.74) is 7.15. The minimum absolute atomic E-state index is 0.0183. The molecule has 0 spiro atoms. The van der Waals surface area contributed by atoms with Crippen molar-refractivity contribution in [2.24, 2.45) is 11.8 Å². The molecule has 2 aliphatic rings. The zero-order chi connectivity index (χ0) is 14.3. The maximum absolute atomic E-state index is 12.3. The molecular formula is C15H18N2O3. The average Bonchev–Trinajstić information content (AvgIpc) is 2.89. The molecule has 20 heavy (non-hydrogen) atoms. The Morgan fingerprint density at radius 1 is 1.25 bits per heavy atom. The van der Waals surface area contributed by atoms with Gasteiger partial charge in [-0.1, -0.05) is 0 Å². The van der Waals surface area contributed by atoms with Crippen LogP contribution in [0.3, 0.4) is 0 Å². The average molecular weight is 274 g/mol. The smallest absolute Gasteiger partial charge is 0.232 e. The minimum atomic E-state index is -0.0479. The third kappa shape index (κ3) is 2.03. The molecule has 2 amide bonds. The first-order chi connectivity index (χ1) is 9.60. The molecule has 1 saturated heterocycles. The summed E-state index contributed by atoms with van der Waals surface area (Å²) in [6.07, 6.45) is 2.39. The van der Waals surface area contributed by atoms with Crippen LogP contribution in [0.5, 0.6) is 5.75 Å². The van der Waals surface area contributed by atoms with Gasteiger partial charge in [-0.05, 0) is 37.5 Å². The summed E-state index contributed by atoms with van der Waals surface area (Å²) >= 11 is 0. The number of nitrogen functional groups attached to an aromatic ring is 1. The van der Waals surface area contributed by atoms with Gasteiger partial charge in [0.25, 0.3) is 0 Å². The Hall–Kier alpha value is -2.04. The van der Waals surface area contributed by atoms with Crippen molar-refractivity contribution in [3.63, 3.8) is 0 Å². The standard InChI is InChI=1S/C15H18N2O3/c1-20-13-5-4-12(16)7-11(13)8-17-14(18)9-2-3-10(6-9)15(17)19/h4-5,7,9-10H,2-3,6,8,16H2,1H3.